The standard InChI is InChI=1S/C22H32FN3O/c1-18(19-9-11-20(23)12-10-19)6-5-13-25-14-16-26(17-15-25)22(27)24-21-7-3-2-4-8-21/h9-12,21H,1-8,13-17H2,(H,24,27). The molecule has 1 saturated heterocycles. The first-order valence-corrected chi connectivity index (χ1v) is 10.3. The SMILES string of the molecule is C=C(CCCN1CCN(C(=O)NC2CCCCC2)CC1)c1ccc(F)cc1. The van der Waals surface area contributed by atoms with Crippen LogP contribution in [0.3, 0.4) is 0 Å². The van der Waals surface area contributed by atoms with Crippen LogP contribution in [0.2, 0.25) is 0 Å². The van der Waals surface area contributed by atoms with Crippen LogP contribution in [0, 0.1) is 5.82 Å². The number of urea groups is 1. The fraction of sp³-hybridized carbons (Fsp3) is 0.591. The summed E-state index contributed by atoms with van der Waals surface area (Å²) in [5.41, 5.74) is 2.07. The molecule has 4 nitrogen and oxygen atoms in total. The van der Waals surface area contributed by atoms with E-state index in [2.05, 4.69) is 16.8 Å². The third-order valence-electron chi connectivity index (χ3n) is 5.80. The third-order valence-corrected chi connectivity index (χ3v) is 5.80. The van der Waals surface area contributed by atoms with E-state index in [1.54, 1.807) is 12.1 Å². The number of carbonyl (C=O) groups is 1. The zero-order valence-electron chi connectivity index (χ0n) is 16.3. The first-order valence-electron chi connectivity index (χ1n) is 10.3. The molecule has 27 heavy (non-hydrogen) atoms. The van der Waals surface area contributed by atoms with Gasteiger partial charge in [0.05, 0.1) is 0 Å². The highest BCUT2D eigenvalue weighted by molar-refractivity contribution is 5.74. The summed E-state index contributed by atoms with van der Waals surface area (Å²) in [4.78, 5) is 16.8. The molecule has 148 valence electrons. The maximum Gasteiger partial charge on any atom is 0.317 e. The summed E-state index contributed by atoms with van der Waals surface area (Å²) in [7, 11) is 0. The lowest BCUT2D eigenvalue weighted by atomic mass is 9.96. The van der Waals surface area contributed by atoms with Crippen molar-refractivity contribution in [3.05, 3.63) is 42.2 Å². The van der Waals surface area contributed by atoms with E-state index in [-0.39, 0.29) is 11.8 Å². The summed E-state index contributed by atoms with van der Waals surface area (Å²) in [5.74, 6) is -0.211. The van der Waals surface area contributed by atoms with Crippen molar-refractivity contribution in [3.8, 4) is 0 Å². The highest BCUT2D eigenvalue weighted by atomic mass is 19.1. The van der Waals surface area contributed by atoms with Gasteiger partial charge in [0.25, 0.3) is 0 Å². The van der Waals surface area contributed by atoms with Crippen LogP contribution in [-0.4, -0.2) is 54.6 Å². The molecule has 2 amide bonds. The number of benzene rings is 1. The minimum absolute atomic E-state index is 0.117. The van der Waals surface area contributed by atoms with Gasteiger partial charge in [-0.05, 0) is 55.5 Å². The van der Waals surface area contributed by atoms with Gasteiger partial charge in [-0.15, -0.1) is 0 Å². The minimum Gasteiger partial charge on any atom is -0.335 e. The van der Waals surface area contributed by atoms with E-state index in [0.29, 0.717) is 6.04 Å². The van der Waals surface area contributed by atoms with Gasteiger partial charge >= 0.3 is 6.03 Å². The maximum absolute atomic E-state index is 13.0. The van der Waals surface area contributed by atoms with Crippen LogP contribution in [0.4, 0.5) is 9.18 Å². The zero-order chi connectivity index (χ0) is 19.1. The smallest absolute Gasteiger partial charge is 0.317 e. The van der Waals surface area contributed by atoms with E-state index in [0.717, 1.165) is 69.5 Å². The van der Waals surface area contributed by atoms with Crippen molar-refractivity contribution in [2.75, 3.05) is 32.7 Å². The van der Waals surface area contributed by atoms with Gasteiger partial charge in [0.1, 0.15) is 5.82 Å². The molecular weight excluding hydrogens is 341 g/mol. The molecule has 2 aliphatic rings. The fourth-order valence-corrected chi connectivity index (χ4v) is 4.03. The molecule has 0 bridgehead atoms. The summed E-state index contributed by atoms with van der Waals surface area (Å²) < 4.78 is 13.0. The van der Waals surface area contributed by atoms with Crippen molar-refractivity contribution in [3.63, 3.8) is 0 Å². The lowest BCUT2D eigenvalue weighted by molar-refractivity contribution is 0.135. The molecule has 1 aliphatic heterocycles. The van der Waals surface area contributed by atoms with Crippen LogP contribution >= 0.6 is 0 Å². The Morgan fingerprint density at radius 1 is 1.07 bits per heavy atom. The molecule has 1 aromatic carbocycles. The van der Waals surface area contributed by atoms with Crippen molar-refractivity contribution in [2.45, 2.75) is 51.0 Å². The molecule has 0 spiro atoms. The van der Waals surface area contributed by atoms with E-state index in [1.165, 1.54) is 31.4 Å². The van der Waals surface area contributed by atoms with Gasteiger partial charge in [-0.1, -0.05) is 38.0 Å². The predicted octanol–water partition coefficient (Wildman–Crippen LogP) is 4.28. The number of piperazine rings is 1. The topological polar surface area (TPSA) is 35.6 Å². The molecule has 3 rings (SSSR count). The predicted molar refractivity (Wildman–Crippen MR) is 108 cm³/mol. The zero-order valence-corrected chi connectivity index (χ0v) is 16.3. The number of hydrogen-bond acceptors (Lipinski definition) is 2. The monoisotopic (exact) mass is 373 g/mol. The summed E-state index contributed by atoms with van der Waals surface area (Å²) in [6.07, 6.45) is 7.98. The summed E-state index contributed by atoms with van der Waals surface area (Å²) in [6.45, 7) is 8.61. The molecule has 2 fully saturated rings. The van der Waals surface area contributed by atoms with Crippen molar-refractivity contribution >= 4 is 11.6 Å². The Hall–Kier alpha value is -1.88. The summed E-state index contributed by atoms with van der Waals surface area (Å²) >= 11 is 0. The molecule has 1 N–H and O–H groups in total. The molecule has 0 radical (unpaired) electrons. The Kier molecular flexibility index (Phi) is 7.27. The van der Waals surface area contributed by atoms with Crippen molar-refractivity contribution in [2.24, 2.45) is 0 Å². The lowest BCUT2D eigenvalue weighted by Gasteiger charge is -2.36. The van der Waals surface area contributed by atoms with E-state index in [4.69, 9.17) is 0 Å². The second-order valence-corrected chi connectivity index (χ2v) is 7.83. The number of halogens is 1. The highest BCUT2D eigenvalue weighted by Gasteiger charge is 2.23. The molecule has 1 aromatic rings. The number of nitrogens with one attached hydrogen (secondary N) is 1. The minimum atomic E-state index is -0.211. The van der Waals surface area contributed by atoms with Gasteiger partial charge in [-0.2, -0.15) is 0 Å². The first-order chi connectivity index (χ1) is 13.1. The quantitative estimate of drug-likeness (QED) is 0.808. The number of allylic oxidation sites excluding steroid dienone is 1. The van der Waals surface area contributed by atoms with Gasteiger partial charge in [0.15, 0.2) is 0 Å². The molecule has 0 atom stereocenters. The second kappa shape index (κ2) is 9.88. The number of carbonyl (C=O) groups excluding carboxylic acids is 1. The van der Waals surface area contributed by atoms with Crippen molar-refractivity contribution in [1.29, 1.82) is 0 Å². The van der Waals surface area contributed by atoms with Crippen LogP contribution in [0.1, 0.15) is 50.5 Å². The van der Waals surface area contributed by atoms with Gasteiger partial charge in [0, 0.05) is 32.2 Å². The van der Waals surface area contributed by atoms with Crippen LogP contribution in [0.25, 0.3) is 5.57 Å². The molecular formula is C22H32FN3O. The maximum atomic E-state index is 13.0. The van der Waals surface area contributed by atoms with Gasteiger partial charge in [-0.25, -0.2) is 9.18 Å². The van der Waals surface area contributed by atoms with E-state index >= 15 is 0 Å². The fourth-order valence-electron chi connectivity index (χ4n) is 4.03. The second-order valence-electron chi connectivity index (χ2n) is 7.83. The Labute approximate surface area is 162 Å². The molecule has 1 saturated carbocycles. The number of nitrogens with zero attached hydrogens (tertiary/aromatic N) is 2. The number of hydrogen-bond donors (Lipinski definition) is 1. The first kappa shape index (κ1) is 19.9. The van der Waals surface area contributed by atoms with E-state index in [1.807, 2.05) is 4.90 Å². The van der Waals surface area contributed by atoms with E-state index < -0.39 is 0 Å². The van der Waals surface area contributed by atoms with E-state index in [9.17, 15) is 9.18 Å². The molecule has 1 aliphatic carbocycles. The van der Waals surface area contributed by atoms with Gasteiger partial charge in [-0.3, -0.25) is 4.90 Å². The number of amides is 2. The Bertz CT molecular complexity index is 617. The Balaban J connectivity index is 1.32. The van der Waals surface area contributed by atoms with Crippen molar-refractivity contribution in [1.82, 2.24) is 15.1 Å². The average Bonchev–Trinajstić information content (AvgIpc) is 2.69. The summed E-state index contributed by atoms with van der Waals surface area (Å²) in [5, 5.41) is 3.21. The normalized spacial score (nSPS) is 19.1. The Morgan fingerprint density at radius 3 is 2.41 bits per heavy atom. The van der Waals surface area contributed by atoms with Crippen LogP contribution < -0.4 is 5.32 Å². The van der Waals surface area contributed by atoms with Gasteiger partial charge < -0.3 is 10.2 Å². The highest BCUT2D eigenvalue weighted by Crippen LogP contribution is 2.19. The summed E-state index contributed by atoms with van der Waals surface area (Å²) in [6, 6.07) is 7.05. The van der Waals surface area contributed by atoms with Crippen LogP contribution in [0.5, 0.6) is 0 Å². The van der Waals surface area contributed by atoms with Crippen molar-refractivity contribution < 1.29 is 9.18 Å². The Morgan fingerprint density at radius 2 is 1.74 bits per heavy atom. The lowest BCUT2D eigenvalue weighted by Crippen LogP contribution is -2.53. The third kappa shape index (κ3) is 6.06. The molecule has 0 aromatic heterocycles. The van der Waals surface area contributed by atoms with Crippen LogP contribution in [0.15, 0.2) is 30.8 Å². The van der Waals surface area contributed by atoms with Gasteiger partial charge in [0.2, 0.25) is 0 Å². The molecule has 0 unspecified atom stereocenters. The average molecular weight is 374 g/mol. The number of rotatable bonds is 6. The molecule has 5 heteroatoms. The largest absolute Gasteiger partial charge is 0.335 e. The molecule has 1 heterocycles. The van der Waals surface area contributed by atoms with Crippen LogP contribution in [-0.2, 0) is 0 Å².